The van der Waals surface area contributed by atoms with E-state index in [0.29, 0.717) is 6.54 Å². The molecule has 0 atom stereocenters. The van der Waals surface area contributed by atoms with Crippen LogP contribution in [0.2, 0.25) is 0 Å². The number of rotatable bonds is 3. The van der Waals surface area contributed by atoms with E-state index in [2.05, 4.69) is 0 Å². The molecule has 70 valence electrons. The molecular weight excluding hydrogens is 174 g/mol. The zero-order valence-electron chi connectivity index (χ0n) is 6.84. The van der Waals surface area contributed by atoms with Gasteiger partial charge in [0.05, 0.1) is 6.54 Å². The van der Waals surface area contributed by atoms with Gasteiger partial charge in [-0.3, -0.25) is 0 Å². The van der Waals surface area contributed by atoms with Crippen LogP contribution in [0.3, 0.4) is 0 Å². The lowest BCUT2D eigenvalue weighted by Gasteiger charge is -2.12. The van der Waals surface area contributed by atoms with Crippen molar-refractivity contribution in [1.82, 2.24) is 5.06 Å². The third-order valence-corrected chi connectivity index (χ3v) is 1.36. The van der Waals surface area contributed by atoms with Crippen molar-refractivity contribution in [2.75, 3.05) is 6.54 Å². The highest BCUT2D eigenvalue weighted by atomic mass is 16.7. The third kappa shape index (κ3) is 3.42. The molecule has 0 aromatic heterocycles. The van der Waals surface area contributed by atoms with E-state index >= 15 is 0 Å². The van der Waals surface area contributed by atoms with Crippen molar-refractivity contribution in [3.63, 3.8) is 0 Å². The first-order valence-electron chi connectivity index (χ1n) is 3.75. The Bertz CT molecular complexity index is 269. The van der Waals surface area contributed by atoms with E-state index < -0.39 is 11.9 Å². The summed E-state index contributed by atoms with van der Waals surface area (Å²) in [6.45, 7) is 0.618. The van der Waals surface area contributed by atoms with Crippen LogP contribution in [0, 0.1) is 0 Å². The molecule has 0 aliphatic carbocycles. The fourth-order valence-electron chi connectivity index (χ4n) is 0.830. The Hall–Kier alpha value is -1.78. The largest absolute Gasteiger partial charge is 0.478 e. The number of aliphatic carboxylic acids is 1. The van der Waals surface area contributed by atoms with Gasteiger partial charge in [-0.1, -0.05) is 6.08 Å². The van der Waals surface area contributed by atoms with Crippen LogP contribution in [-0.2, 0) is 14.4 Å². The van der Waals surface area contributed by atoms with Crippen LogP contribution in [0.5, 0.6) is 0 Å². The maximum absolute atomic E-state index is 10.9. The Morgan fingerprint density at radius 3 is 2.77 bits per heavy atom. The van der Waals surface area contributed by atoms with Crippen molar-refractivity contribution in [3.8, 4) is 0 Å². The van der Waals surface area contributed by atoms with Gasteiger partial charge in [-0.05, 0) is 6.42 Å². The van der Waals surface area contributed by atoms with Crippen molar-refractivity contribution in [2.24, 2.45) is 0 Å². The zero-order chi connectivity index (χ0) is 9.68. The smallest absolute Gasteiger partial charge is 0.356 e. The molecule has 1 N–H and O–H groups in total. The molecule has 0 aromatic rings. The second kappa shape index (κ2) is 4.30. The minimum Gasteiger partial charge on any atom is -0.478 e. The minimum absolute atomic E-state index is 0.618. The molecule has 0 saturated heterocycles. The number of carbonyl (C=O) groups excluding carboxylic acids is 1. The highest BCUT2D eigenvalue weighted by molar-refractivity contribution is 5.90. The molecule has 1 rings (SSSR count). The maximum atomic E-state index is 10.9. The predicted molar refractivity (Wildman–Crippen MR) is 43.3 cm³/mol. The average molecular weight is 183 g/mol. The van der Waals surface area contributed by atoms with Crippen LogP contribution in [0.1, 0.15) is 6.42 Å². The second-order valence-corrected chi connectivity index (χ2v) is 2.40. The van der Waals surface area contributed by atoms with Crippen LogP contribution in [0.25, 0.3) is 0 Å². The first-order chi connectivity index (χ1) is 6.18. The van der Waals surface area contributed by atoms with Gasteiger partial charge in [-0.15, -0.1) is 0 Å². The molecule has 0 saturated carbocycles. The van der Waals surface area contributed by atoms with Crippen molar-refractivity contribution >= 4 is 11.9 Å². The molecule has 5 nitrogen and oxygen atoms in total. The minimum atomic E-state index is -1.17. The molecular formula is C8H9NO4. The molecule has 0 fully saturated rings. The number of hydroxylamine groups is 2. The Balaban J connectivity index is 2.32. The van der Waals surface area contributed by atoms with Crippen LogP contribution < -0.4 is 0 Å². The van der Waals surface area contributed by atoms with Gasteiger partial charge in [-0.25, -0.2) is 14.7 Å². The van der Waals surface area contributed by atoms with Gasteiger partial charge in [0.25, 0.3) is 0 Å². The quantitative estimate of drug-likeness (QED) is 0.637. The molecule has 0 spiro atoms. The topological polar surface area (TPSA) is 66.8 Å². The monoisotopic (exact) mass is 183 g/mol. The van der Waals surface area contributed by atoms with E-state index in [1.807, 2.05) is 6.08 Å². The lowest BCUT2D eigenvalue weighted by Crippen LogP contribution is -2.18. The highest BCUT2D eigenvalue weighted by Gasteiger charge is 2.08. The average Bonchev–Trinajstić information content (AvgIpc) is 2.53. The van der Waals surface area contributed by atoms with Crippen LogP contribution >= 0.6 is 0 Å². The summed E-state index contributed by atoms with van der Waals surface area (Å²) in [5.74, 6) is -1.86. The summed E-state index contributed by atoms with van der Waals surface area (Å²) in [4.78, 5) is 25.6. The maximum Gasteiger partial charge on any atom is 0.356 e. The summed E-state index contributed by atoms with van der Waals surface area (Å²) in [6.07, 6.45) is 5.92. The predicted octanol–water partition coefficient (Wildman–Crippen LogP) is 0.305. The van der Waals surface area contributed by atoms with E-state index in [9.17, 15) is 9.59 Å². The number of hydrogen-bond acceptors (Lipinski definition) is 4. The molecule has 0 radical (unpaired) electrons. The van der Waals surface area contributed by atoms with Crippen LogP contribution in [0.15, 0.2) is 24.4 Å². The Labute approximate surface area is 74.9 Å². The van der Waals surface area contributed by atoms with Gasteiger partial charge >= 0.3 is 11.9 Å². The molecule has 0 amide bonds. The third-order valence-electron chi connectivity index (χ3n) is 1.36. The summed E-state index contributed by atoms with van der Waals surface area (Å²) < 4.78 is 0. The lowest BCUT2D eigenvalue weighted by atomic mass is 10.5. The van der Waals surface area contributed by atoms with Gasteiger partial charge in [0.15, 0.2) is 0 Å². The molecule has 13 heavy (non-hydrogen) atoms. The number of carboxylic acids is 1. The molecule has 1 heterocycles. The van der Waals surface area contributed by atoms with E-state index in [1.54, 1.807) is 6.20 Å². The molecule has 0 aromatic carbocycles. The van der Waals surface area contributed by atoms with Crippen molar-refractivity contribution in [3.05, 3.63) is 24.4 Å². The fraction of sp³-hybridized carbons (Fsp3) is 0.250. The first kappa shape index (κ1) is 9.31. The van der Waals surface area contributed by atoms with Gasteiger partial charge in [0, 0.05) is 18.4 Å². The lowest BCUT2D eigenvalue weighted by molar-refractivity contribution is -0.170. The summed E-state index contributed by atoms with van der Waals surface area (Å²) in [5.41, 5.74) is 0. The molecule has 1 aliphatic heterocycles. The zero-order valence-corrected chi connectivity index (χ0v) is 6.84. The summed E-state index contributed by atoms with van der Waals surface area (Å²) in [7, 11) is 0. The molecule has 0 unspecified atom stereocenters. The van der Waals surface area contributed by atoms with Crippen molar-refractivity contribution < 1.29 is 19.5 Å². The van der Waals surface area contributed by atoms with E-state index in [1.165, 1.54) is 5.06 Å². The Kier molecular flexibility index (Phi) is 3.08. The van der Waals surface area contributed by atoms with Crippen LogP contribution in [0.4, 0.5) is 0 Å². The van der Waals surface area contributed by atoms with E-state index in [0.717, 1.165) is 18.6 Å². The SMILES string of the molecule is O=C(O)C=CC(=O)ON1C=CCC1. The Morgan fingerprint density at radius 1 is 1.46 bits per heavy atom. The fourth-order valence-corrected chi connectivity index (χ4v) is 0.830. The standard InChI is InChI=1S/C8H9NO4/c10-7(11)3-4-8(12)13-9-5-1-2-6-9/h1,3-5H,2,6H2,(H,10,11). The highest BCUT2D eigenvalue weighted by Crippen LogP contribution is 2.04. The summed E-state index contributed by atoms with van der Waals surface area (Å²) >= 11 is 0. The van der Waals surface area contributed by atoms with E-state index in [4.69, 9.17) is 9.94 Å². The molecule has 5 heteroatoms. The van der Waals surface area contributed by atoms with Gasteiger partial charge in [0.2, 0.25) is 0 Å². The molecule has 1 aliphatic rings. The normalized spacial score (nSPS) is 15.2. The Morgan fingerprint density at radius 2 is 2.23 bits per heavy atom. The molecule has 0 bridgehead atoms. The van der Waals surface area contributed by atoms with Gasteiger partial charge in [0.1, 0.15) is 0 Å². The van der Waals surface area contributed by atoms with Crippen molar-refractivity contribution in [1.29, 1.82) is 0 Å². The summed E-state index contributed by atoms with van der Waals surface area (Å²) in [5, 5.41) is 9.56. The number of nitrogens with zero attached hydrogens (tertiary/aromatic N) is 1. The number of hydrogen-bond donors (Lipinski definition) is 1. The first-order valence-corrected chi connectivity index (χ1v) is 3.75. The summed E-state index contributed by atoms with van der Waals surface area (Å²) in [6, 6.07) is 0. The number of carboxylic acid groups (broad SMARTS) is 1. The number of carbonyl (C=O) groups is 2. The van der Waals surface area contributed by atoms with Crippen LogP contribution in [-0.4, -0.2) is 28.7 Å². The second-order valence-electron chi connectivity index (χ2n) is 2.40. The van der Waals surface area contributed by atoms with Gasteiger partial charge < -0.3 is 9.94 Å². The van der Waals surface area contributed by atoms with E-state index in [-0.39, 0.29) is 0 Å². The van der Waals surface area contributed by atoms with Gasteiger partial charge in [-0.2, -0.15) is 0 Å². The van der Waals surface area contributed by atoms with Crippen molar-refractivity contribution in [2.45, 2.75) is 6.42 Å².